The van der Waals surface area contributed by atoms with Crippen LogP contribution < -0.4 is 0 Å². The molecule has 0 aliphatic heterocycles. The molecule has 0 bridgehead atoms. The summed E-state index contributed by atoms with van der Waals surface area (Å²) in [4.78, 5) is 10.5. The van der Waals surface area contributed by atoms with E-state index < -0.39 is 0 Å². The normalized spacial score (nSPS) is 24.1. The minimum absolute atomic E-state index is 0.131. The van der Waals surface area contributed by atoms with Gasteiger partial charge in [0.15, 0.2) is 0 Å². The van der Waals surface area contributed by atoms with Crippen molar-refractivity contribution in [1.29, 1.82) is 5.26 Å². The van der Waals surface area contributed by atoms with E-state index >= 15 is 0 Å². The van der Waals surface area contributed by atoms with Crippen LogP contribution in [0, 0.1) is 22.7 Å². The van der Waals surface area contributed by atoms with Gasteiger partial charge in [-0.15, -0.1) is 0 Å². The summed E-state index contributed by atoms with van der Waals surface area (Å²) in [7, 11) is 0. The molecule has 1 atom stereocenters. The van der Waals surface area contributed by atoms with Crippen molar-refractivity contribution in [1.82, 2.24) is 0 Å². The topological polar surface area (TPSA) is 40.9 Å². The van der Waals surface area contributed by atoms with Gasteiger partial charge in [-0.3, -0.25) is 0 Å². The summed E-state index contributed by atoms with van der Waals surface area (Å²) in [5, 5.41) is 8.49. The maximum Gasteiger partial charge on any atom is 0.120 e. The molecular formula is C12H17NO. The Morgan fingerprint density at radius 1 is 1.71 bits per heavy atom. The van der Waals surface area contributed by atoms with Gasteiger partial charge in [0.2, 0.25) is 0 Å². The summed E-state index contributed by atoms with van der Waals surface area (Å²) in [6.07, 6.45) is 6.35. The lowest BCUT2D eigenvalue weighted by atomic mass is 9.80. The predicted molar refractivity (Wildman–Crippen MR) is 55.5 cm³/mol. The van der Waals surface area contributed by atoms with E-state index in [0.717, 1.165) is 19.1 Å². The number of aldehydes is 1. The summed E-state index contributed by atoms with van der Waals surface area (Å²) >= 11 is 0. The van der Waals surface area contributed by atoms with E-state index in [2.05, 4.69) is 26.0 Å². The first kappa shape index (κ1) is 11.0. The Morgan fingerprint density at radius 2 is 2.43 bits per heavy atom. The standard InChI is InChI=1S/C12H17NO/c1-12(2)9-10(4-3-6-13)8-11(12)5-7-14/h7,9,11H,3-5,8H2,1-2H3/t11-/m0/s1. The Bertz CT molecular complexity index is 283. The lowest BCUT2D eigenvalue weighted by Gasteiger charge is -2.23. The summed E-state index contributed by atoms with van der Waals surface area (Å²) < 4.78 is 0. The van der Waals surface area contributed by atoms with E-state index in [1.807, 2.05) is 0 Å². The van der Waals surface area contributed by atoms with Crippen molar-refractivity contribution in [2.24, 2.45) is 11.3 Å². The molecule has 2 heteroatoms. The van der Waals surface area contributed by atoms with Gasteiger partial charge in [0.25, 0.3) is 0 Å². The SMILES string of the molecule is CC1(C)C=C(CCC#N)C[C@@H]1CC=O. The number of carbonyl (C=O) groups excluding carboxylic acids is 1. The van der Waals surface area contributed by atoms with Crippen molar-refractivity contribution >= 4 is 6.29 Å². The number of nitrogens with zero attached hydrogens (tertiary/aromatic N) is 1. The highest BCUT2D eigenvalue weighted by molar-refractivity contribution is 5.50. The lowest BCUT2D eigenvalue weighted by Crippen LogP contribution is -2.17. The second kappa shape index (κ2) is 4.41. The average molecular weight is 191 g/mol. The molecule has 1 aliphatic rings. The maximum atomic E-state index is 10.5. The second-order valence-electron chi connectivity index (χ2n) is 4.59. The highest BCUT2D eigenvalue weighted by atomic mass is 16.1. The van der Waals surface area contributed by atoms with Crippen molar-refractivity contribution in [3.63, 3.8) is 0 Å². The molecule has 0 saturated carbocycles. The van der Waals surface area contributed by atoms with Crippen LogP contribution in [-0.2, 0) is 4.79 Å². The van der Waals surface area contributed by atoms with Crippen molar-refractivity contribution in [2.75, 3.05) is 0 Å². The number of carbonyl (C=O) groups is 1. The molecule has 76 valence electrons. The number of allylic oxidation sites excluding steroid dienone is 2. The highest BCUT2D eigenvalue weighted by Gasteiger charge is 2.33. The Balaban J connectivity index is 2.59. The van der Waals surface area contributed by atoms with Gasteiger partial charge in [-0.05, 0) is 24.2 Å². The van der Waals surface area contributed by atoms with Crippen LogP contribution in [0.4, 0.5) is 0 Å². The zero-order valence-corrected chi connectivity index (χ0v) is 8.92. The quantitative estimate of drug-likeness (QED) is 0.506. The van der Waals surface area contributed by atoms with Crippen molar-refractivity contribution in [3.8, 4) is 6.07 Å². The van der Waals surface area contributed by atoms with E-state index in [0.29, 0.717) is 18.8 Å². The first-order valence-corrected chi connectivity index (χ1v) is 5.11. The molecule has 0 unspecified atom stereocenters. The Hall–Kier alpha value is -1.10. The largest absolute Gasteiger partial charge is 0.303 e. The molecule has 14 heavy (non-hydrogen) atoms. The van der Waals surface area contributed by atoms with Crippen molar-refractivity contribution in [2.45, 2.75) is 39.5 Å². The zero-order chi connectivity index (χ0) is 10.6. The summed E-state index contributed by atoms with van der Waals surface area (Å²) in [6, 6.07) is 2.16. The molecule has 0 aromatic rings. The molecule has 1 rings (SSSR count). The molecule has 2 nitrogen and oxygen atoms in total. The minimum atomic E-state index is 0.131. The molecule has 0 fully saturated rings. The molecule has 0 N–H and O–H groups in total. The fourth-order valence-corrected chi connectivity index (χ4v) is 2.18. The van der Waals surface area contributed by atoms with Gasteiger partial charge in [0, 0.05) is 12.8 Å². The van der Waals surface area contributed by atoms with Crippen LogP contribution in [0.25, 0.3) is 0 Å². The minimum Gasteiger partial charge on any atom is -0.303 e. The van der Waals surface area contributed by atoms with E-state index in [4.69, 9.17) is 5.26 Å². The first-order chi connectivity index (χ1) is 6.60. The molecule has 0 amide bonds. The van der Waals surface area contributed by atoms with Crippen molar-refractivity contribution < 1.29 is 4.79 Å². The average Bonchev–Trinajstić information content (AvgIpc) is 2.39. The summed E-state index contributed by atoms with van der Waals surface area (Å²) in [6.45, 7) is 4.33. The van der Waals surface area contributed by atoms with E-state index in [-0.39, 0.29) is 5.41 Å². The van der Waals surface area contributed by atoms with Gasteiger partial charge in [0.1, 0.15) is 6.29 Å². The van der Waals surface area contributed by atoms with E-state index in [1.54, 1.807) is 0 Å². The second-order valence-corrected chi connectivity index (χ2v) is 4.59. The molecule has 0 aromatic heterocycles. The third-order valence-corrected chi connectivity index (χ3v) is 3.08. The van der Waals surface area contributed by atoms with Crippen LogP contribution in [0.2, 0.25) is 0 Å². The molecular weight excluding hydrogens is 174 g/mol. The maximum absolute atomic E-state index is 10.5. The number of hydrogen-bond donors (Lipinski definition) is 0. The molecule has 1 aliphatic carbocycles. The summed E-state index contributed by atoms with van der Waals surface area (Å²) in [5.74, 6) is 0.439. The van der Waals surface area contributed by atoms with Gasteiger partial charge in [-0.1, -0.05) is 25.5 Å². The van der Waals surface area contributed by atoms with Gasteiger partial charge in [-0.25, -0.2) is 0 Å². The van der Waals surface area contributed by atoms with Gasteiger partial charge >= 0.3 is 0 Å². The van der Waals surface area contributed by atoms with Crippen molar-refractivity contribution in [3.05, 3.63) is 11.6 Å². The highest BCUT2D eigenvalue weighted by Crippen LogP contribution is 2.43. The van der Waals surface area contributed by atoms with E-state index in [1.165, 1.54) is 5.57 Å². The fraction of sp³-hybridized carbons (Fsp3) is 0.667. The third-order valence-electron chi connectivity index (χ3n) is 3.08. The Labute approximate surface area is 85.6 Å². The smallest absolute Gasteiger partial charge is 0.120 e. The Kier molecular flexibility index (Phi) is 3.46. The van der Waals surface area contributed by atoms with Crippen LogP contribution in [0.5, 0.6) is 0 Å². The van der Waals surface area contributed by atoms with Gasteiger partial charge < -0.3 is 4.79 Å². The molecule has 0 aromatic carbocycles. The molecule has 0 saturated heterocycles. The summed E-state index contributed by atoms with van der Waals surface area (Å²) in [5.41, 5.74) is 1.48. The van der Waals surface area contributed by atoms with Crippen LogP contribution in [0.1, 0.15) is 39.5 Å². The van der Waals surface area contributed by atoms with Crippen LogP contribution in [0.15, 0.2) is 11.6 Å². The number of hydrogen-bond acceptors (Lipinski definition) is 2. The van der Waals surface area contributed by atoms with Gasteiger partial charge in [-0.2, -0.15) is 5.26 Å². The Morgan fingerprint density at radius 3 is 3.00 bits per heavy atom. The monoisotopic (exact) mass is 191 g/mol. The van der Waals surface area contributed by atoms with Crippen LogP contribution in [-0.4, -0.2) is 6.29 Å². The molecule has 0 heterocycles. The van der Waals surface area contributed by atoms with Crippen LogP contribution in [0.3, 0.4) is 0 Å². The molecule has 0 radical (unpaired) electrons. The van der Waals surface area contributed by atoms with E-state index in [9.17, 15) is 4.79 Å². The lowest BCUT2D eigenvalue weighted by molar-refractivity contribution is -0.109. The molecule has 0 spiro atoms. The zero-order valence-electron chi connectivity index (χ0n) is 8.92. The third kappa shape index (κ3) is 2.45. The number of rotatable bonds is 4. The van der Waals surface area contributed by atoms with Crippen LogP contribution >= 0.6 is 0 Å². The van der Waals surface area contributed by atoms with Gasteiger partial charge in [0.05, 0.1) is 6.07 Å². The first-order valence-electron chi connectivity index (χ1n) is 5.11. The predicted octanol–water partition coefficient (Wildman–Crippen LogP) is 2.85. The fourth-order valence-electron chi connectivity index (χ4n) is 2.18. The number of nitriles is 1.